The fourth-order valence-electron chi connectivity index (χ4n) is 5.56. The van der Waals surface area contributed by atoms with Gasteiger partial charge in [-0.05, 0) is 24.1 Å². The topological polar surface area (TPSA) is 208 Å². The number of nitrogens with one attached hydrogen (secondary N) is 3. The van der Waals surface area contributed by atoms with Crippen LogP contribution in [0.15, 0.2) is 48.5 Å². The summed E-state index contributed by atoms with van der Waals surface area (Å²) in [6.45, 7) is 7.62. The Hall–Kier alpha value is -4.53. The molecule has 2 heterocycles. The second-order valence-electron chi connectivity index (χ2n) is 12.5. The normalized spacial score (nSPS) is 15.2. The van der Waals surface area contributed by atoms with Gasteiger partial charge in [0.05, 0.1) is 117 Å². The first-order valence-electron chi connectivity index (χ1n) is 19.1. The maximum atomic E-state index is 13.2. The second-order valence-corrected chi connectivity index (χ2v) is 12.5. The molecule has 2 aliphatic heterocycles. The summed E-state index contributed by atoms with van der Waals surface area (Å²) in [5, 5.41) is 7.96. The van der Waals surface area contributed by atoms with Crippen LogP contribution in [0.1, 0.15) is 39.1 Å². The molecule has 0 aliphatic carbocycles. The molecule has 3 N–H and O–H groups in total. The number of fused-ring (bicyclic) bond motifs is 1. The molecule has 5 amide bonds. The van der Waals surface area contributed by atoms with E-state index in [1.807, 2.05) is 30.3 Å². The number of carbonyl (C=O) groups excluding carboxylic acids is 5. The highest BCUT2D eigenvalue weighted by molar-refractivity contribution is 6.25. The van der Waals surface area contributed by atoms with Gasteiger partial charge in [-0.1, -0.05) is 36.4 Å². The van der Waals surface area contributed by atoms with Crippen molar-refractivity contribution < 1.29 is 66.6 Å². The Balaban J connectivity index is 0.841. The van der Waals surface area contributed by atoms with Crippen molar-refractivity contribution in [3.05, 3.63) is 65.2 Å². The van der Waals surface area contributed by atoms with E-state index >= 15 is 0 Å². The van der Waals surface area contributed by atoms with Crippen molar-refractivity contribution >= 4 is 35.4 Å². The average molecular weight is 803 g/mol. The van der Waals surface area contributed by atoms with Crippen molar-refractivity contribution in [1.29, 1.82) is 0 Å². The van der Waals surface area contributed by atoms with E-state index in [9.17, 15) is 24.0 Å². The first-order valence-corrected chi connectivity index (χ1v) is 19.1. The minimum atomic E-state index is -1.01. The van der Waals surface area contributed by atoms with Crippen LogP contribution in [0.5, 0.6) is 0 Å². The second kappa shape index (κ2) is 27.2. The molecule has 2 aromatic rings. The number of hydrogen-bond donors (Lipinski definition) is 3. The van der Waals surface area contributed by atoms with E-state index in [0.717, 1.165) is 10.5 Å². The van der Waals surface area contributed by atoms with Crippen LogP contribution in [-0.4, -0.2) is 159 Å². The number of ether oxygens (including phenoxy) is 9. The Morgan fingerprint density at radius 1 is 0.614 bits per heavy atom. The number of hydrogen-bond acceptors (Lipinski definition) is 15. The molecule has 0 spiro atoms. The third-order valence-electron chi connectivity index (χ3n) is 8.36. The highest BCUT2D eigenvalue weighted by atomic mass is 16.6. The van der Waals surface area contributed by atoms with Gasteiger partial charge in [-0.25, -0.2) is 4.79 Å². The van der Waals surface area contributed by atoms with Gasteiger partial charge in [0.25, 0.3) is 11.8 Å². The van der Waals surface area contributed by atoms with E-state index in [1.54, 1.807) is 18.2 Å². The molecule has 0 saturated carbocycles. The molecule has 4 rings (SSSR count). The lowest BCUT2D eigenvalue weighted by Gasteiger charge is -2.27. The average Bonchev–Trinajstić information content (AvgIpc) is 3.47. The van der Waals surface area contributed by atoms with Gasteiger partial charge in [0.2, 0.25) is 11.8 Å². The lowest BCUT2D eigenvalue weighted by molar-refractivity contribution is -0.136. The monoisotopic (exact) mass is 802 g/mol. The minimum absolute atomic E-state index is 0.0622. The number of piperidine rings is 1. The molecular formula is C39H54N4O14. The van der Waals surface area contributed by atoms with Gasteiger partial charge in [0.15, 0.2) is 0 Å². The molecule has 18 heteroatoms. The van der Waals surface area contributed by atoms with Gasteiger partial charge in [-0.2, -0.15) is 0 Å². The van der Waals surface area contributed by atoms with E-state index < -0.39 is 35.8 Å². The van der Waals surface area contributed by atoms with Crippen molar-refractivity contribution in [3.63, 3.8) is 0 Å². The standard InChI is InChI=1S/C39H54N4O14/c44-34-10-9-33(36(45)42-34)43-37(46)31-7-4-8-32(35(31)38(43)47)40-11-13-49-15-17-51-19-21-53-23-25-55-27-28-56-26-24-54-22-20-52-18-16-50-14-12-41-39(48)57-29-30-5-2-1-3-6-30/h1-8,33,40H,9-29H2,(H,41,48)(H,42,44,45). The molecule has 1 unspecified atom stereocenters. The number of benzene rings is 2. The van der Waals surface area contributed by atoms with Gasteiger partial charge >= 0.3 is 6.09 Å². The van der Waals surface area contributed by atoms with Crippen LogP contribution < -0.4 is 16.0 Å². The highest BCUT2D eigenvalue weighted by Gasteiger charge is 2.45. The molecule has 1 atom stereocenters. The third-order valence-corrected chi connectivity index (χ3v) is 8.36. The van der Waals surface area contributed by atoms with Crippen molar-refractivity contribution in [3.8, 4) is 0 Å². The van der Waals surface area contributed by atoms with Crippen molar-refractivity contribution in [1.82, 2.24) is 15.5 Å². The Bertz CT molecular complexity index is 1530. The number of imide groups is 2. The molecule has 0 bridgehead atoms. The Morgan fingerprint density at radius 3 is 1.65 bits per heavy atom. The maximum absolute atomic E-state index is 13.2. The Morgan fingerprint density at radius 2 is 1.12 bits per heavy atom. The van der Waals surface area contributed by atoms with Crippen LogP contribution in [0.3, 0.4) is 0 Å². The van der Waals surface area contributed by atoms with Gasteiger partial charge in [-0.3, -0.25) is 29.4 Å². The number of rotatable bonds is 31. The molecule has 1 saturated heterocycles. The van der Waals surface area contributed by atoms with E-state index in [2.05, 4.69) is 16.0 Å². The van der Waals surface area contributed by atoms with Crippen LogP contribution in [0.25, 0.3) is 0 Å². The third kappa shape index (κ3) is 16.8. The summed E-state index contributed by atoms with van der Waals surface area (Å²) in [4.78, 5) is 62.5. The van der Waals surface area contributed by atoms with Crippen LogP contribution in [0.2, 0.25) is 0 Å². The predicted molar refractivity (Wildman–Crippen MR) is 203 cm³/mol. The zero-order valence-corrected chi connectivity index (χ0v) is 32.2. The Labute approximate surface area is 332 Å². The van der Waals surface area contributed by atoms with E-state index in [-0.39, 0.29) is 30.6 Å². The zero-order valence-electron chi connectivity index (χ0n) is 32.2. The summed E-state index contributed by atoms with van der Waals surface area (Å²) in [6.07, 6.45) is -0.321. The smallest absolute Gasteiger partial charge is 0.407 e. The van der Waals surface area contributed by atoms with Crippen LogP contribution in [0, 0.1) is 0 Å². The number of alkyl carbamates (subject to hydrolysis) is 1. The summed E-state index contributed by atoms with van der Waals surface area (Å²) in [5.74, 6) is -2.18. The van der Waals surface area contributed by atoms with E-state index in [0.29, 0.717) is 124 Å². The Kier molecular flexibility index (Phi) is 21.5. The van der Waals surface area contributed by atoms with Crippen molar-refractivity contribution in [2.24, 2.45) is 0 Å². The molecular weight excluding hydrogens is 748 g/mol. The number of carbonyl (C=O) groups is 5. The largest absolute Gasteiger partial charge is 0.445 e. The first kappa shape index (κ1) is 45.2. The summed E-state index contributed by atoms with van der Waals surface area (Å²) in [5.41, 5.74) is 1.82. The van der Waals surface area contributed by atoms with Crippen molar-refractivity contribution in [2.45, 2.75) is 25.5 Å². The molecule has 1 fully saturated rings. The maximum Gasteiger partial charge on any atom is 0.407 e. The summed E-state index contributed by atoms with van der Waals surface area (Å²) in [7, 11) is 0. The van der Waals surface area contributed by atoms with Gasteiger partial charge in [0, 0.05) is 25.2 Å². The molecule has 18 nitrogen and oxygen atoms in total. The van der Waals surface area contributed by atoms with Crippen LogP contribution >= 0.6 is 0 Å². The van der Waals surface area contributed by atoms with Gasteiger partial charge < -0.3 is 53.3 Å². The van der Waals surface area contributed by atoms with Crippen LogP contribution in [0.4, 0.5) is 10.5 Å². The van der Waals surface area contributed by atoms with E-state index in [1.165, 1.54) is 0 Å². The number of nitrogens with zero attached hydrogens (tertiary/aromatic N) is 1. The first-order chi connectivity index (χ1) is 28.0. The summed E-state index contributed by atoms with van der Waals surface area (Å²) < 4.78 is 49.1. The molecule has 2 aliphatic rings. The number of anilines is 1. The summed E-state index contributed by atoms with van der Waals surface area (Å²) in [6, 6.07) is 13.4. The molecule has 314 valence electrons. The molecule has 0 aromatic heterocycles. The predicted octanol–water partition coefficient (Wildman–Crippen LogP) is 1.56. The highest BCUT2D eigenvalue weighted by Crippen LogP contribution is 2.32. The fraction of sp³-hybridized carbons (Fsp3) is 0.564. The molecule has 0 radical (unpaired) electrons. The van der Waals surface area contributed by atoms with Crippen molar-refractivity contribution in [2.75, 3.05) is 124 Å². The SMILES string of the molecule is O=C1CCC(N2C(=O)c3cccc(NCCOCCOCCOCCOCCOCCOCCOCCOCCNC(=O)OCc4ccccc4)c3C2=O)C(=O)N1. The van der Waals surface area contributed by atoms with Gasteiger partial charge in [0.1, 0.15) is 12.6 Å². The minimum Gasteiger partial charge on any atom is -0.445 e. The quantitative estimate of drug-likeness (QED) is 0.0731. The van der Waals surface area contributed by atoms with E-state index in [4.69, 9.17) is 42.6 Å². The van der Waals surface area contributed by atoms with Crippen LogP contribution in [-0.2, 0) is 58.8 Å². The molecule has 2 aromatic carbocycles. The number of amides is 5. The lowest BCUT2D eigenvalue weighted by Crippen LogP contribution is -2.54. The zero-order chi connectivity index (χ0) is 40.3. The summed E-state index contributed by atoms with van der Waals surface area (Å²) >= 11 is 0. The lowest BCUT2D eigenvalue weighted by atomic mass is 10.0. The fourth-order valence-corrected chi connectivity index (χ4v) is 5.56. The van der Waals surface area contributed by atoms with Gasteiger partial charge in [-0.15, -0.1) is 0 Å². The molecule has 57 heavy (non-hydrogen) atoms.